The average Bonchev–Trinajstić information content (AvgIpc) is 2.79. The van der Waals surface area contributed by atoms with Gasteiger partial charge in [0.25, 0.3) is 15.9 Å². The van der Waals surface area contributed by atoms with Crippen LogP contribution in [0.25, 0.3) is 0 Å². The molecule has 0 spiro atoms. The first-order valence-corrected chi connectivity index (χ1v) is 12.5. The normalized spacial score (nSPS) is 14.1. The molecule has 0 unspecified atom stereocenters. The Balaban J connectivity index is 1.74. The summed E-state index contributed by atoms with van der Waals surface area (Å²) in [6, 6.07) is 10.7. The number of carbonyl (C=O) groups excluding carboxylic acids is 2. The second-order valence-electron chi connectivity index (χ2n) is 8.00. The molecule has 0 saturated carbocycles. The molecule has 0 atom stereocenters. The Morgan fingerprint density at radius 2 is 1.72 bits per heavy atom. The number of nitrogens with one attached hydrogen (secondary N) is 1. The maximum atomic E-state index is 12.9. The molecule has 2 aromatic rings. The summed E-state index contributed by atoms with van der Waals surface area (Å²) < 4.78 is 33.5. The number of amides is 1. The fourth-order valence-electron chi connectivity index (χ4n) is 3.55. The van der Waals surface area contributed by atoms with E-state index in [4.69, 9.17) is 4.74 Å². The molecule has 1 amide bonds. The molecular formula is C24H30N2O5S. The molecule has 0 radical (unpaired) electrons. The number of nitrogens with zero attached hydrogens (tertiary/aromatic N) is 1. The molecule has 1 aliphatic rings. The van der Waals surface area contributed by atoms with Crippen LogP contribution in [0.3, 0.4) is 0 Å². The quantitative estimate of drug-likeness (QED) is 0.468. The Morgan fingerprint density at radius 3 is 2.38 bits per heavy atom. The number of sulfonamides is 1. The molecule has 1 N–H and O–H groups in total. The zero-order valence-electron chi connectivity index (χ0n) is 18.6. The Bertz CT molecular complexity index is 1060. The zero-order valence-corrected chi connectivity index (χ0v) is 19.4. The van der Waals surface area contributed by atoms with E-state index in [2.05, 4.69) is 4.72 Å². The number of likely N-dealkylation sites (tertiary alicyclic amines) is 1. The first kappa shape index (κ1) is 23.8. The molecule has 7 nitrogen and oxygen atoms in total. The predicted octanol–water partition coefficient (Wildman–Crippen LogP) is 4.38. The van der Waals surface area contributed by atoms with Gasteiger partial charge in [0.05, 0.1) is 17.1 Å². The third-order valence-corrected chi connectivity index (χ3v) is 6.88. The summed E-state index contributed by atoms with van der Waals surface area (Å²) >= 11 is 0. The van der Waals surface area contributed by atoms with Crippen molar-refractivity contribution in [3.63, 3.8) is 0 Å². The minimum absolute atomic E-state index is 0.0199. The van der Waals surface area contributed by atoms with Crippen LogP contribution < -0.4 is 4.72 Å². The minimum atomic E-state index is -3.90. The minimum Gasteiger partial charge on any atom is -0.462 e. The molecule has 172 valence electrons. The maximum Gasteiger partial charge on any atom is 0.338 e. The van der Waals surface area contributed by atoms with Crippen LogP contribution >= 0.6 is 0 Å². The molecular weight excluding hydrogens is 428 g/mol. The van der Waals surface area contributed by atoms with Gasteiger partial charge in [0.2, 0.25) is 0 Å². The van der Waals surface area contributed by atoms with Crippen LogP contribution in [0.2, 0.25) is 0 Å². The van der Waals surface area contributed by atoms with Crippen LogP contribution in [0.4, 0.5) is 5.69 Å². The van der Waals surface area contributed by atoms with Crippen molar-refractivity contribution in [3.8, 4) is 0 Å². The number of aryl methyl sites for hydroxylation is 1. The van der Waals surface area contributed by atoms with E-state index in [1.807, 2.05) is 6.92 Å². The first-order valence-electron chi connectivity index (χ1n) is 11.0. The van der Waals surface area contributed by atoms with E-state index in [1.54, 1.807) is 17.9 Å². The van der Waals surface area contributed by atoms with Crippen molar-refractivity contribution in [1.29, 1.82) is 0 Å². The highest BCUT2D eigenvalue weighted by molar-refractivity contribution is 7.92. The van der Waals surface area contributed by atoms with Gasteiger partial charge in [-0.2, -0.15) is 0 Å². The Hall–Kier alpha value is -2.87. The maximum absolute atomic E-state index is 12.9. The van der Waals surface area contributed by atoms with Gasteiger partial charge in [0.15, 0.2) is 0 Å². The first-order chi connectivity index (χ1) is 15.3. The number of benzene rings is 2. The Labute approximate surface area is 189 Å². The molecule has 8 heteroatoms. The molecule has 2 aromatic carbocycles. The molecule has 1 fully saturated rings. The zero-order chi connectivity index (χ0) is 23.1. The average molecular weight is 459 g/mol. The number of ether oxygens (including phenoxy) is 1. The number of esters is 1. The van der Waals surface area contributed by atoms with Gasteiger partial charge in [-0.25, -0.2) is 13.2 Å². The SMILES string of the molecule is CCCCOC(=O)c1ccc(NS(=O)(=O)c2ccc(C)c(C(=O)N3CCCCC3)c2)cc1. The van der Waals surface area contributed by atoms with Crippen molar-refractivity contribution in [2.75, 3.05) is 24.4 Å². The number of unbranched alkanes of at least 4 members (excludes halogenated alkanes) is 1. The van der Waals surface area contributed by atoms with Crippen molar-refractivity contribution < 1.29 is 22.7 Å². The van der Waals surface area contributed by atoms with Crippen LogP contribution in [0.15, 0.2) is 47.4 Å². The van der Waals surface area contributed by atoms with Gasteiger partial charge in [-0.3, -0.25) is 9.52 Å². The van der Waals surface area contributed by atoms with Crippen molar-refractivity contribution in [2.45, 2.75) is 50.8 Å². The van der Waals surface area contributed by atoms with E-state index in [-0.39, 0.29) is 10.8 Å². The lowest BCUT2D eigenvalue weighted by Crippen LogP contribution is -2.36. The lowest BCUT2D eigenvalue weighted by molar-refractivity contribution is 0.0499. The highest BCUT2D eigenvalue weighted by Crippen LogP contribution is 2.22. The van der Waals surface area contributed by atoms with Crippen LogP contribution in [-0.4, -0.2) is 44.9 Å². The summed E-state index contributed by atoms with van der Waals surface area (Å²) in [6.07, 6.45) is 4.76. The third-order valence-electron chi connectivity index (χ3n) is 5.50. The number of rotatable bonds is 8. The van der Waals surface area contributed by atoms with Gasteiger partial charge < -0.3 is 9.64 Å². The predicted molar refractivity (Wildman–Crippen MR) is 123 cm³/mol. The van der Waals surface area contributed by atoms with Gasteiger partial charge in [-0.05, 0) is 74.6 Å². The van der Waals surface area contributed by atoms with E-state index >= 15 is 0 Å². The lowest BCUT2D eigenvalue weighted by Gasteiger charge is -2.27. The number of hydrogen-bond acceptors (Lipinski definition) is 5. The van der Waals surface area contributed by atoms with Gasteiger partial charge >= 0.3 is 5.97 Å². The molecule has 1 saturated heterocycles. The standard InChI is InChI=1S/C24H30N2O5S/c1-3-4-16-31-24(28)19-9-11-20(12-10-19)25-32(29,30)21-13-8-18(2)22(17-21)23(27)26-14-6-5-7-15-26/h8-13,17,25H,3-7,14-16H2,1-2H3. The molecule has 32 heavy (non-hydrogen) atoms. The topological polar surface area (TPSA) is 92.8 Å². The smallest absolute Gasteiger partial charge is 0.338 e. The van der Waals surface area contributed by atoms with Crippen LogP contribution in [-0.2, 0) is 14.8 Å². The Kier molecular flexibility index (Phi) is 7.90. The summed E-state index contributed by atoms with van der Waals surface area (Å²) in [5, 5.41) is 0. The number of anilines is 1. The molecule has 0 bridgehead atoms. The van der Waals surface area contributed by atoms with Gasteiger partial charge in [0.1, 0.15) is 0 Å². The van der Waals surface area contributed by atoms with Gasteiger partial charge in [0, 0.05) is 24.3 Å². The number of carbonyl (C=O) groups is 2. The van der Waals surface area contributed by atoms with E-state index in [0.29, 0.717) is 36.5 Å². The van der Waals surface area contributed by atoms with Crippen molar-refractivity contribution in [3.05, 3.63) is 59.2 Å². The van der Waals surface area contributed by atoms with Crippen LogP contribution in [0, 0.1) is 6.92 Å². The second-order valence-corrected chi connectivity index (χ2v) is 9.68. The highest BCUT2D eigenvalue weighted by Gasteiger charge is 2.23. The molecule has 0 aromatic heterocycles. The van der Waals surface area contributed by atoms with Crippen molar-refractivity contribution in [2.24, 2.45) is 0 Å². The monoisotopic (exact) mass is 458 g/mol. The van der Waals surface area contributed by atoms with Gasteiger partial charge in [-0.15, -0.1) is 0 Å². The number of hydrogen-bond donors (Lipinski definition) is 1. The summed E-state index contributed by atoms with van der Waals surface area (Å²) in [6.45, 7) is 5.56. The van der Waals surface area contributed by atoms with Crippen LogP contribution in [0.5, 0.6) is 0 Å². The van der Waals surface area contributed by atoms with Gasteiger partial charge in [-0.1, -0.05) is 19.4 Å². The summed E-state index contributed by atoms with van der Waals surface area (Å²) in [4.78, 5) is 26.7. The van der Waals surface area contributed by atoms with E-state index < -0.39 is 16.0 Å². The highest BCUT2D eigenvalue weighted by atomic mass is 32.2. The fraction of sp³-hybridized carbons (Fsp3) is 0.417. The molecule has 1 aliphatic heterocycles. The molecule has 1 heterocycles. The van der Waals surface area contributed by atoms with E-state index in [1.165, 1.54) is 36.4 Å². The second kappa shape index (κ2) is 10.6. The molecule has 0 aliphatic carbocycles. The lowest BCUT2D eigenvalue weighted by atomic mass is 10.1. The van der Waals surface area contributed by atoms with Crippen LogP contribution in [0.1, 0.15) is 65.3 Å². The Morgan fingerprint density at radius 1 is 1.03 bits per heavy atom. The summed E-state index contributed by atoms with van der Waals surface area (Å²) in [5.74, 6) is -0.572. The largest absolute Gasteiger partial charge is 0.462 e. The van der Waals surface area contributed by atoms with E-state index in [9.17, 15) is 18.0 Å². The summed E-state index contributed by atoms with van der Waals surface area (Å²) in [7, 11) is -3.90. The summed E-state index contributed by atoms with van der Waals surface area (Å²) in [5.41, 5.74) is 1.82. The molecule has 3 rings (SSSR count). The number of piperidine rings is 1. The van der Waals surface area contributed by atoms with Crippen molar-refractivity contribution >= 4 is 27.6 Å². The fourth-order valence-corrected chi connectivity index (χ4v) is 4.63. The van der Waals surface area contributed by atoms with E-state index in [0.717, 1.165) is 37.7 Å². The van der Waals surface area contributed by atoms with Crippen molar-refractivity contribution in [1.82, 2.24) is 4.90 Å². The third kappa shape index (κ3) is 5.88.